The number of amides is 2. The molecule has 1 unspecified atom stereocenters. The lowest BCUT2D eigenvalue weighted by molar-refractivity contribution is -0.137. The molecule has 1 saturated heterocycles. The number of hydrogen-bond acceptors (Lipinski definition) is 7. The second-order valence-corrected chi connectivity index (χ2v) is 6.38. The minimum atomic E-state index is -0.445. The number of nitrogens with zero attached hydrogens (tertiary/aromatic N) is 3. The average Bonchev–Trinajstić information content (AvgIpc) is 2.96. The van der Waals surface area contributed by atoms with Crippen molar-refractivity contribution in [1.29, 1.82) is 0 Å². The summed E-state index contributed by atoms with van der Waals surface area (Å²) in [6.07, 6.45) is 0.198. The number of rotatable bonds is 3. The Kier molecular flexibility index (Phi) is 3.35. The topological polar surface area (TPSA) is 89.2 Å². The molecule has 0 saturated carbocycles. The second kappa shape index (κ2) is 5.02. The number of thiophene rings is 1. The molecule has 6 nitrogen and oxygen atoms in total. The largest absolute Gasteiger partial charge is 0.383 e. The van der Waals surface area contributed by atoms with Gasteiger partial charge in [0.15, 0.2) is 5.16 Å². The number of thioether (sulfide) groups is 1. The molecule has 1 aliphatic heterocycles. The number of carbonyl (C=O) groups is 2. The molecule has 0 bridgehead atoms. The second-order valence-electron chi connectivity index (χ2n) is 4.32. The van der Waals surface area contributed by atoms with Crippen molar-refractivity contribution in [1.82, 2.24) is 14.9 Å². The van der Waals surface area contributed by atoms with E-state index >= 15 is 0 Å². The van der Waals surface area contributed by atoms with Gasteiger partial charge in [-0.05, 0) is 18.4 Å². The van der Waals surface area contributed by atoms with Crippen LogP contribution in [0.25, 0.3) is 10.2 Å². The zero-order chi connectivity index (χ0) is 14.3. The standard InChI is InChI=1S/C12H12N4O2S2/c1-2-16-8(17)5-7(11(16)18)20-12-14-9(13)6-3-4-19-10(6)15-12/h3-4,7H,2,5H2,1H3,(H2,13,14,15). The van der Waals surface area contributed by atoms with Crippen LogP contribution in [0.4, 0.5) is 5.82 Å². The average molecular weight is 308 g/mol. The predicted octanol–water partition coefficient (Wildman–Crippen LogP) is 1.51. The number of likely N-dealkylation sites (tertiary alicyclic amines) is 1. The Labute approximate surface area is 123 Å². The van der Waals surface area contributed by atoms with Gasteiger partial charge in [0.1, 0.15) is 15.9 Å². The minimum Gasteiger partial charge on any atom is -0.383 e. The zero-order valence-corrected chi connectivity index (χ0v) is 12.3. The van der Waals surface area contributed by atoms with Crippen molar-refractivity contribution in [3.63, 3.8) is 0 Å². The van der Waals surface area contributed by atoms with Crippen LogP contribution < -0.4 is 5.73 Å². The molecule has 0 aromatic carbocycles. The van der Waals surface area contributed by atoms with E-state index in [9.17, 15) is 9.59 Å². The van der Waals surface area contributed by atoms with Crippen molar-refractivity contribution in [2.45, 2.75) is 23.8 Å². The van der Waals surface area contributed by atoms with Gasteiger partial charge in [-0.1, -0.05) is 11.8 Å². The van der Waals surface area contributed by atoms with E-state index in [1.54, 1.807) is 6.92 Å². The molecule has 20 heavy (non-hydrogen) atoms. The third-order valence-electron chi connectivity index (χ3n) is 3.10. The Morgan fingerprint density at radius 2 is 2.30 bits per heavy atom. The number of nitrogens with two attached hydrogens (primary N) is 1. The van der Waals surface area contributed by atoms with Crippen LogP contribution in [0.1, 0.15) is 13.3 Å². The van der Waals surface area contributed by atoms with Crippen molar-refractivity contribution < 1.29 is 9.59 Å². The maximum absolute atomic E-state index is 12.0. The zero-order valence-electron chi connectivity index (χ0n) is 10.7. The van der Waals surface area contributed by atoms with Gasteiger partial charge in [-0.15, -0.1) is 11.3 Å². The van der Waals surface area contributed by atoms with E-state index in [2.05, 4.69) is 9.97 Å². The third kappa shape index (κ3) is 2.14. The molecule has 1 atom stereocenters. The molecular formula is C12H12N4O2S2. The fraction of sp³-hybridized carbons (Fsp3) is 0.333. The van der Waals surface area contributed by atoms with Gasteiger partial charge in [-0.3, -0.25) is 14.5 Å². The van der Waals surface area contributed by atoms with Gasteiger partial charge in [0.25, 0.3) is 0 Å². The summed E-state index contributed by atoms with van der Waals surface area (Å²) in [4.78, 5) is 34.4. The number of anilines is 1. The highest BCUT2D eigenvalue weighted by Crippen LogP contribution is 2.32. The van der Waals surface area contributed by atoms with E-state index in [1.165, 1.54) is 28.0 Å². The van der Waals surface area contributed by atoms with Gasteiger partial charge >= 0.3 is 0 Å². The highest BCUT2D eigenvalue weighted by molar-refractivity contribution is 8.00. The first-order valence-corrected chi connectivity index (χ1v) is 7.87. The van der Waals surface area contributed by atoms with Gasteiger partial charge in [0.2, 0.25) is 11.8 Å². The Bertz CT molecular complexity index is 700. The number of hydrogen-bond donors (Lipinski definition) is 1. The molecule has 0 spiro atoms. The van der Waals surface area contributed by atoms with E-state index in [0.29, 0.717) is 17.5 Å². The molecule has 1 aliphatic rings. The Morgan fingerprint density at radius 1 is 1.50 bits per heavy atom. The van der Waals surface area contributed by atoms with Gasteiger partial charge in [-0.2, -0.15) is 0 Å². The van der Waals surface area contributed by atoms with Crippen molar-refractivity contribution >= 4 is 50.9 Å². The lowest BCUT2D eigenvalue weighted by Gasteiger charge is -2.11. The molecule has 0 aliphatic carbocycles. The molecule has 8 heteroatoms. The number of fused-ring (bicyclic) bond motifs is 1. The smallest absolute Gasteiger partial charge is 0.243 e. The molecule has 2 aromatic heterocycles. The summed E-state index contributed by atoms with van der Waals surface area (Å²) in [5.41, 5.74) is 5.87. The van der Waals surface area contributed by atoms with Crippen molar-refractivity contribution in [2.24, 2.45) is 0 Å². The van der Waals surface area contributed by atoms with Crippen LogP contribution in [0.5, 0.6) is 0 Å². The minimum absolute atomic E-state index is 0.139. The third-order valence-corrected chi connectivity index (χ3v) is 4.95. The van der Waals surface area contributed by atoms with Gasteiger partial charge < -0.3 is 5.73 Å². The summed E-state index contributed by atoms with van der Waals surface area (Å²) in [5.74, 6) is 0.0963. The molecule has 1 fully saturated rings. The molecular weight excluding hydrogens is 296 g/mol. The predicted molar refractivity (Wildman–Crippen MR) is 78.5 cm³/mol. The van der Waals surface area contributed by atoms with Gasteiger partial charge in [0, 0.05) is 13.0 Å². The summed E-state index contributed by atoms with van der Waals surface area (Å²) in [6.45, 7) is 2.19. The first-order chi connectivity index (χ1) is 9.60. The SMILES string of the molecule is CCN1C(=O)CC(Sc2nc(N)c3ccsc3n2)C1=O. The van der Waals surface area contributed by atoms with Crippen molar-refractivity contribution in [3.05, 3.63) is 11.4 Å². The van der Waals surface area contributed by atoms with Crippen molar-refractivity contribution in [3.8, 4) is 0 Å². The van der Waals surface area contributed by atoms with E-state index in [-0.39, 0.29) is 18.2 Å². The van der Waals surface area contributed by atoms with Crippen LogP contribution in [0, 0.1) is 0 Å². The maximum atomic E-state index is 12.0. The lowest BCUT2D eigenvalue weighted by atomic mass is 10.4. The van der Waals surface area contributed by atoms with E-state index < -0.39 is 5.25 Å². The van der Waals surface area contributed by atoms with E-state index in [1.807, 2.05) is 11.4 Å². The van der Waals surface area contributed by atoms with Crippen LogP contribution in [-0.2, 0) is 9.59 Å². The lowest BCUT2D eigenvalue weighted by Crippen LogP contribution is -2.30. The highest BCUT2D eigenvalue weighted by Gasteiger charge is 2.38. The summed E-state index contributed by atoms with van der Waals surface area (Å²) in [6, 6.07) is 1.87. The Balaban J connectivity index is 1.86. The van der Waals surface area contributed by atoms with E-state index in [0.717, 1.165) is 10.2 Å². The van der Waals surface area contributed by atoms with Crippen LogP contribution in [-0.4, -0.2) is 38.5 Å². The van der Waals surface area contributed by atoms with Crippen LogP contribution in [0.15, 0.2) is 16.6 Å². The summed E-state index contributed by atoms with van der Waals surface area (Å²) in [5, 5.41) is 2.72. The quantitative estimate of drug-likeness (QED) is 0.683. The molecule has 104 valence electrons. The highest BCUT2D eigenvalue weighted by atomic mass is 32.2. The van der Waals surface area contributed by atoms with Crippen LogP contribution in [0.2, 0.25) is 0 Å². The molecule has 3 heterocycles. The number of imide groups is 1. The number of nitrogen functional groups attached to an aromatic ring is 1. The molecule has 0 radical (unpaired) electrons. The first-order valence-electron chi connectivity index (χ1n) is 6.11. The first kappa shape index (κ1) is 13.3. The van der Waals surface area contributed by atoms with Crippen LogP contribution >= 0.6 is 23.1 Å². The summed E-state index contributed by atoms with van der Waals surface area (Å²) < 4.78 is 0. The van der Waals surface area contributed by atoms with Crippen molar-refractivity contribution in [2.75, 3.05) is 12.3 Å². The van der Waals surface area contributed by atoms with Gasteiger partial charge in [0.05, 0.1) is 5.39 Å². The maximum Gasteiger partial charge on any atom is 0.243 e. The van der Waals surface area contributed by atoms with E-state index in [4.69, 9.17) is 5.73 Å². The number of carbonyl (C=O) groups excluding carboxylic acids is 2. The molecule has 2 amide bonds. The summed E-state index contributed by atoms with van der Waals surface area (Å²) in [7, 11) is 0. The summed E-state index contributed by atoms with van der Waals surface area (Å²) >= 11 is 2.68. The molecule has 2 aromatic rings. The Hall–Kier alpha value is -1.67. The fourth-order valence-corrected chi connectivity index (χ4v) is 3.95. The van der Waals surface area contributed by atoms with Crippen LogP contribution in [0.3, 0.4) is 0 Å². The fourth-order valence-electron chi connectivity index (χ4n) is 2.11. The van der Waals surface area contributed by atoms with Gasteiger partial charge in [-0.25, -0.2) is 9.97 Å². The molecule has 2 N–H and O–H groups in total. The molecule has 3 rings (SSSR count). The normalized spacial score (nSPS) is 19.2. The Morgan fingerprint density at radius 3 is 3.00 bits per heavy atom. The number of aromatic nitrogens is 2. The monoisotopic (exact) mass is 308 g/mol.